The van der Waals surface area contributed by atoms with Crippen molar-refractivity contribution >= 4 is 79.2 Å². The van der Waals surface area contributed by atoms with Crippen molar-refractivity contribution in [3.8, 4) is 0 Å². The second-order valence-corrected chi connectivity index (χ2v) is 9.26. The van der Waals surface area contributed by atoms with Crippen LogP contribution < -0.4 is 9.62 Å². The average molecular weight is 544 g/mol. The highest BCUT2D eigenvalue weighted by atomic mass is 127. The van der Waals surface area contributed by atoms with Crippen molar-refractivity contribution in [3.63, 3.8) is 0 Å². The first-order valence-electron chi connectivity index (χ1n) is 7.50. The van der Waals surface area contributed by atoms with E-state index in [1.807, 2.05) is 34.2 Å². The Kier molecular flexibility index (Phi) is 6.50. The smallest absolute Gasteiger partial charge is 0.295 e. The summed E-state index contributed by atoms with van der Waals surface area (Å²) in [7, 11) is 0.469. The highest BCUT2D eigenvalue weighted by Gasteiger charge is 2.22. The van der Waals surface area contributed by atoms with Gasteiger partial charge in [0.2, 0.25) is 0 Å². The number of nitrogens with one attached hydrogen (secondary N) is 1. The molecule has 144 valence electrons. The van der Waals surface area contributed by atoms with Gasteiger partial charge in [-0.2, -0.15) is 0 Å². The monoisotopic (exact) mass is 543 g/mol. The second kappa shape index (κ2) is 8.50. The normalized spacial score (nSPS) is 13.0. The molecule has 0 bridgehead atoms. The number of nitrogens with zero attached hydrogens (tertiary/aromatic N) is 4. The second-order valence-electron chi connectivity index (χ2n) is 5.42. The Labute approximate surface area is 176 Å². The molecule has 0 aliphatic heterocycles. The quantitative estimate of drug-likeness (QED) is 0.261. The zero-order valence-corrected chi connectivity index (χ0v) is 18.8. The highest BCUT2D eigenvalue weighted by Crippen LogP contribution is 2.39. The first kappa shape index (κ1) is 20.6. The summed E-state index contributed by atoms with van der Waals surface area (Å²) < 4.78 is 41.5. The van der Waals surface area contributed by atoms with E-state index in [2.05, 4.69) is 15.3 Å². The summed E-state index contributed by atoms with van der Waals surface area (Å²) in [4.78, 5) is 8.26. The van der Waals surface area contributed by atoms with Gasteiger partial charge >= 0.3 is 0 Å². The van der Waals surface area contributed by atoms with Gasteiger partial charge in [-0.15, -0.1) is 0 Å². The van der Waals surface area contributed by atoms with Crippen LogP contribution in [0.2, 0.25) is 5.15 Å². The molecule has 0 saturated carbocycles. The highest BCUT2D eigenvalue weighted by molar-refractivity contribution is 14.2. The molecule has 0 radical (unpaired) electrons. The maximum absolute atomic E-state index is 13.4. The van der Waals surface area contributed by atoms with Crippen LogP contribution in [0.1, 0.15) is 12.2 Å². The van der Waals surface area contributed by atoms with Gasteiger partial charge in [-0.05, 0) is 34.2 Å². The van der Waals surface area contributed by atoms with Crippen LogP contribution >= 0.6 is 40.0 Å². The minimum atomic E-state index is -2.73. The third-order valence-electron chi connectivity index (χ3n) is 3.79. The predicted molar refractivity (Wildman–Crippen MR) is 117 cm³/mol. The van der Waals surface area contributed by atoms with Crippen LogP contribution in [0.25, 0.3) is 11.2 Å². The molecule has 0 spiro atoms. The van der Waals surface area contributed by atoms with Crippen molar-refractivity contribution in [2.24, 2.45) is 0 Å². The number of alkyl halides is 2. The number of pyridine rings is 1. The average Bonchev–Trinajstić information content (AvgIpc) is 3.00. The molecule has 1 N–H and O–H groups in total. The maximum atomic E-state index is 13.4. The minimum absolute atomic E-state index is 0.00241. The van der Waals surface area contributed by atoms with E-state index < -0.39 is 17.4 Å². The Bertz CT molecular complexity index is 1020. The van der Waals surface area contributed by atoms with Gasteiger partial charge in [-0.25, -0.2) is 23.0 Å². The molecule has 3 aromatic rings. The minimum Gasteiger partial charge on any atom is -0.352 e. The molecule has 0 amide bonds. The van der Waals surface area contributed by atoms with E-state index in [1.54, 1.807) is 29.7 Å². The first-order chi connectivity index (χ1) is 12.8. The molecule has 0 fully saturated rings. The maximum Gasteiger partial charge on any atom is 0.295 e. The number of hydrogen-bond donors (Lipinski definition) is 1. The Morgan fingerprint density at radius 1 is 1.33 bits per heavy atom. The Balaban J connectivity index is 2.15. The van der Waals surface area contributed by atoms with Crippen molar-refractivity contribution in [1.29, 1.82) is 0 Å². The van der Waals surface area contributed by atoms with E-state index in [0.29, 0.717) is 22.6 Å². The summed E-state index contributed by atoms with van der Waals surface area (Å²) in [5.74, 6) is -0.351. The summed E-state index contributed by atoms with van der Waals surface area (Å²) in [6.07, 6.45) is -1.16. The fourth-order valence-corrected chi connectivity index (χ4v) is 5.02. The van der Waals surface area contributed by atoms with E-state index in [0.717, 1.165) is 0 Å². The third-order valence-corrected chi connectivity index (χ3v) is 7.01. The molecule has 2 atom stereocenters. The van der Waals surface area contributed by atoms with Gasteiger partial charge in [0.15, 0.2) is 11.5 Å². The van der Waals surface area contributed by atoms with Crippen LogP contribution in [0.4, 0.5) is 25.8 Å². The predicted octanol–water partition coefficient (Wildman–Crippen LogP) is 5.29. The molecule has 27 heavy (non-hydrogen) atoms. The summed E-state index contributed by atoms with van der Waals surface area (Å²) in [5, 5.41) is 3.33. The van der Waals surface area contributed by atoms with Crippen molar-refractivity contribution < 1.29 is 13.0 Å². The van der Waals surface area contributed by atoms with Crippen molar-refractivity contribution in [2.75, 3.05) is 22.9 Å². The van der Waals surface area contributed by atoms with Gasteiger partial charge in [0.1, 0.15) is 21.7 Å². The van der Waals surface area contributed by atoms with Crippen LogP contribution in [-0.2, 0) is 11.0 Å². The zero-order valence-electron chi connectivity index (χ0n) is 14.1. The summed E-state index contributed by atoms with van der Waals surface area (Å²) >= 11 is 8.12. The van der Waals surface area contributed by atoms with Crippen LogP contribution in [0.5, 0.6) is 0 Å². The number of halogens is 4. The summed E-state index contributed by atoms with van der Waals surface area (Å²) in [6.45, 7) is 0. The van der Waals surface area contributed by atoms with Gasteiger partial charge in [-0.1, -0.05) is 23.7 Å². The van der Waals surface area contributed by atoms with Crippen molar-refractivity contribution in [1.82, 2.24) is 14.3 Å². The lowest BCUT2D eigenvalue weighted by Crippen LogP contribution is -2.19. The van der Waals surface area contributed by atoms with E-state index >= 15 is 0 Å². The molecule has 1 aromatic carbocycles. The van der Waals surface area contributed by atoms with E-state index in [9.17, 15) is 13.0 Å². The lowest BCUT2D eigenvalue weighted by Gasteiger charge is -2.20. The van der Waals surface area contributed by atoms with Gasteiger partial charge in [-0.3, -0.25) is 8.64 Å². The Hall–Kier alpha value is -1.10. The number of rotatable bonds is 6. The van der Waals surface area contributed by atoms with E-state index in [4.69, 9.17) is 11.6 Å². The number of hydrogen-bond acceptors (Lipinski definition) is 4. The topological polar surface area (TPSA) is 63.0 Å². The van der Waals surface area contributed by atoms with Gasteiger partial charge in [0.25, 0.3) is 6.43 Å². The fraction of sp³-hybridized carbons (Fsp3) is 0.200. The molecule has 6 nitrogen and oxygen atoms in total. The molecule has 0 aliphatic carbocycles. The molecular formula is C15H14ClF2IN5OPS. The van der Waals surface area contributed by atoms with Crippen LogP contribution in [0, 0.1) is 0 Å². The van der Waals surface area contributed by atoms with Gasteiger partial charge < -0.3 is 5.32 Å². The molecule has 3 rings (SSSR count). The van der Waals surface area contributed by atoms with E-state index in [1.165, 1.54) is 10.4 Å². The van der Waals surface area contributed by atoms with Crippen molar-refractivity contribution in [2.45, 2.75) is 6.43 Å². The summed E-state index contributed by atoms with van der Waals surface area (Å²) in [6, 6.07) is 8.77. The molecular weight excluding hydrogens is 530 g/mol. The van der Waals surface area contributed by atoms with Crippen LogP contribution in [0.15, 0.2) is 30.3 Å². The number of aromatic nitrogens is 3. The van der Waals surface area contributed by atoms with Gasteiger partial charge in [0.05, 0.1) is 23.4 Å². The summed E-state index contributed by atoms with van der Waals surface area (Å²) in [5.41, 5.74) is 2.36. The molecule has 0 saturated heterocycles. The molecule has 2 heterocycles. The van der Waals surface area contributed by atoms with Gasteiger partial charge in [0, 0.05) is 19.4 Å². The fourth-order valence-electron chi connectivity index (χ4n) is 2.50. The Morgan fingerprint density at radius 3 is 2.67 bits per heavy atom. The number of anilines is 3. The number of para-hydroxylation sites is 2. The molecule has 2 aromatic heterocycles. The van der Waals surface area contributed by atoms with Crippen LogP contribution in [0.3, 0.4) is 0 Å². The largest absolute Gasteiger partial charge is 0.352 e. The number of benzene rings is 1. The number of imidazole rings is 1. The first-order valence-corrected chi connectivity index (χ1v) is 13.5. The SMILES string of the molecule is CN(c1ccccc1Nc1cc(Cl)nc2c1nc(C(F)F)n2PI)S(C)=O. The van der Waals surface area contributed by atoms with E-state index in [-0.39, 0.29) is 23.0 Å². The molecule has 0 aliphatic rings. The lowest BCUT2D eigenvalue weighted by atomic mass is 10.2. The molecule has 2 unspecified atom stereocenters. The zero-order chi connectivity index (χ0) is 19.7. The van der Waals surface area contributed by atoms with Crippen LogP contribution in [-0.4, -0.2) is 31.8 Å². The van der Waals surface area contributed by atoms with Crippen molar-refractivity contribution in [3.05, 3.63) is 41.3 Å². The molecule has 12 heteroatoms. The standard InChI is InChI=1S/C15H14ClF2IN5OPS/c1-23(27(2)25)10-6-4-3-5-8(10)20-9-7-11(16)21-14-12(9)22-15(13(17)18)24(14)26-19/h3-7,13,26H,1-2H3,(H,20,21). The Morgan fingerprint density at radius 2 is 2.04 bits per heavy atom. The lowest BCUT2D eigenvalue weighted by molar-refractivity contribution is 0.140. The number of fused-ring (bicyclic) bond motifs is 1. The third kappa shape index (κ3) is 4.18.